The molecule has 0 saturated carbocycles. The lowest BCUT2D eigenvalue weighted by molar-refractivity contribution is 0.0372. The van der Waals surface area contributed by atoms with Crippen molar-refractivity contribution < 1.29 is 10.2 Å². The Hall–Kier alpha value is -3.98. The van der Waals surface area contributed by atoms with Crippen LogP contribution in [-0.2, 0) is 11.2 Å². The highest BCUT2D eigenvalue weighted by molar-refractivity contribution is 5.82. The molecule has 0 aliphatic heterocycles. The quantitative estimate of drug-likeness (QED) is 0.368. The van der Waals surface area contributed by atoms with Gasteiger partial charge in [0.05, 0.1) is 0 Å². The van der Waals surface area contributed by atoms with E-state index in [1.165, 1.54) is 16.7 Å². The minimum Gasteiger partial charge on any atom is -0.380 e. The maximum absolute atomic E-state index is 12.3. The fourth-order valence-electron chi connectivity index (χ4n) is 7.99. The van der Waals surface area contributed by atoms with E-state index in [4.69, 9.17) is 0 Å². The molecule has 0 heterocycles. The summed E-state index contributed by atoms with van der Waals surface area (Å²) in [6.45, 7) is 0. The first-order valence-electron chi connectivity index (χ1n) is 14.5. The van der Waals surface area contributed by atoms with Gasteiger partial charge in [-0.15, -0.1) is 0 Å². The highest BCUT2D eigenvalue weighted by atomic mass is 16.3. The standard InChI is InChI=1S/C38H32O2/c39-37(33-13-5-1-9-29(33)30-10-2-6-14-34(30)37)27-21-17-25(18-22-27)26-19-23-28(24-20-26)38(40)35-15-7-3-11-31(35)32-12-4-8-16-36(32)38/h1-17,19,21,23,29,33,39-40H,18,20,22,24H2. The van der Waals surface area contributed by atoms with Crippen LogP contribution >= 0.6 is 0 Å². The Balaban J connectivity index is 1.13. The summed E-state index contributed by atoms with van der Waals surface area (Å²) >= 11 is 0. The molecule has 0 fully saturated rings. The van der Waals surface area contributed by atoms with Crippen LogP contribution in [0.1, 0.15) is 53.9 Å². The van der Waals surface area contributed by atoms with Crippen LogP contribution in [0.3, 0.4) is 0 Å². The first kappa shape index (κ1) is 23.9. The number of fused-ring (bicyclic) bond motifs is 6. The second kappa shape index (κ2) is 8.76. The Morgan fingerprint density at radius 1 is 0.550 bits per heavy atom. The lowest BCUT2D eigenvalue weighted by Crippen LogP contribution is -2.34. The van der Waals surface area contributed by atoms with Crippen molar-refractivity contribution >= 4 is 0 Å². The van der Waals surface area contributed by atoms with E-state index in [2.05, 4.69) is 91.1 Å². The number of benzene rings is 3. The number of rotatable bonds is 3. The Kier molecular flexibility index (Phi) is 5.23. The molecular weight excluding hydrogens is 488 g/mol. The van der Waals surface area contributed by atoms with Gasteiger partial charge >= 0.3 is 0 Å². The zero-order valence-corrected chi connectivity index (χ0v) is 22.4. The molecule has 2 heteroatoms. The average Bonchev–Trinajstić information content (AvgIpc) is 3.45. The van der Waals surface area contributed by atoms with Gasteiger partial charge in [0, 0.05) is 23.0 Å². The zero-order valence-electron chi connectivity index (χ0n) is 22.4. The molecule has 2 N–H and O–H groups in total. The van der Waals surface area contributed by atoms with Crippen LogP contribution in [0.25, 0.3) is 11.1 Å². The van der Waals surface area contributed by atoms with Crippen molar-refractivity contribution in [1.29, 1.82) is 0 Å². The molecule has 0 amide bonds. The van der Waals surface area contributed by atoms with Gasteiger partial charge in [0.25, 0.3) is 0 Å². The minimum absolute atomic E-state index is 0.0356. The van der Waals surface area contributed by atoms with Crippen molar-refractivity contribution in [2.45, 2.75) is 42.8 Å². The van der Waals surface area contributed by atoms with Crippen molar-refractivity contribution in [3.63, 3.8) is 0 Å². The second-order valence-corrected chi connectivity index (χ2v) is 11.7. The predicted octanol–water partition coefficient (Wildman–Crippen LogP) is 7.92. The average molecular weight is 521 g/mol. The third kappa shape index (κ3) is 3.18. The molecule has 5 aliphatic rings. The van der Waals surface area contributed by atoms with Crippen LogP contribution in [0.5, 0.6) is 0 Å². The van der Waals surface area contributed by atoms with Gasteiger partial charge in [0.15, 0.2) is 0 Å². The molecule has 2 nitrogen and oxygen atoms in total. The summed E-state index contributed by atoms with van der Waals surface area (Å²) in [5.74, 6) is 0.257. The van der Waals surface area contributed by atoms with Gasteiger partial charge < -0.3 is 10.2 Å². The van der Waals surface area contributed by atoms with Crippen molar-refractivity contribution in [3.8, 4) is 11.1 Å². The molecule has 8 rings (SSSR count). The van der Waals surface area contributed by atoms with Crippen LogP contribution < -0.4 is 0 Å². The fourth-order valence-corrected chi connectivity index (χ4v) is 7.99. The van der Waals surface area contributed by atoms with Crippen molar-refractivity contribution in [2.24, 2.45) is 5.92 Å². The summed E-state index contributed by atoms with van der Waals surface area (Å²) in [5.41, 5.74) is 9.30. The molecule has 3 aromatic rings. The summed E-state index contributed by atoms with van der Waals surface area (Å²) < 4.78 is 0. The van der Waals surface area contributed by atoms with Crippen molar-refractivity contribution in [1.82, 2.24) is 0 Å². The first-order chi connectivity index (χ1) is 19.6. The third-order valence-electron chi connectivity index (χ3n) is 9.94. The smallest absolute Gasteiger partial charge is 0.138 e. The molecule has 0 radical (unpaired) electrons. The molecule has 0 spiro atoms. The molecule has 3 unspecified atom stereocenters. The number of allylic oxidation sites excluding steroid dienone is 9. The second-order valence-electron chi connectivity index (χ2n) is 11.7. The minimum atomic E-state index is -1.08. The molecule has 5 aliphatic carbocycles. The van der Waals surface area contributed by atoms with Gasteiger partial charge in [-0.1, -0.05) is 121 Å². The van der Waals surface area contributed by atoms with E-state index < -0.39 is 11.2 Å². The van der Waals surface area contributed by atoms with Crippen molar-refractivity contribution in [3.05, 3.63) is 166 Å². The molecule has 0 aromatic heterocycles. The van der Waals surface area contributed by atoms with Gasteiger partial charge in [-0.2, -0.15) is 0 Å². The highest BCUT2D eigenvalue weighted by Gasteiger charge is 2.51. The van der Waals surface area contributed by atoms with E-state index in [1.807, 2.05) is 30.3 Å². The Morgan fingerprint density at radius 3 is 1.73 bits per heavy atom. The van der Waals surface area contributed by atoms with Gasteiger partial charge in [0.2, 0.25) is 0 Å². The number of hydrogen-bond acceptors (Lipinski definition) is 2. The topological polar surface area (TPSA) is 40.5 Å². The van der Waals surface area contributed by atoms with Gasteiger partial charge in [-0.05, 0) is 70.2 Å². The molecule has 40 heavy (non-hydrogen) atoms. The van der Waals surface area contributed by atoms with E-state index in [-0.39, 0.29) is 11.8 Å². The van der Waals surface area contributed by atoms with Crippen LogP contribution in [0.2, 0.25) is 0 Å². The number of hydrogen-bond donors (Lipinski definition) is 2. The summed E-state index contributed by atoms with van der Waals surface area (Å²) in [6.07, 6.45) is 20.9. The van der Waals surface area contributed by atoms with E-state index in [9.17, 15) is 10.2 Å². The number of aliphatic hydroxyl groups is 2. The lowest BCUT2D eigenvalue weighted by Gasteiger charge is -2.36. The normalized spacial score (nSPS) is 27.1. The van der Waals surface area contributed by atoms with Gasteiger partial charge in [-0.25, -0.2) is 0 Å². The fraction of sp³-hybridized carbons (Fsp3) is 0.211. The van der Waals surface area contributed by atoms with Crippen molar-refractivity contribution in [2.75, 3.05) is 0 Å². The van der Waals surface area contributed by atoms with Gasteiger partial charge in [0.1, 0.15) is 11.2 Å². The molecule has 0 saturated heterocycles. The summed E-state index contributed by atoms with van der Waals surface area (Å²) in [6, 6.07) is 24.9. The highest BCUT2D eigenvalue weighted by Crippen LogP contribution is 2.57. The van der Waals surface area contributed by atoms with Gasteiger partial charge in [-0.3, -0.25) is 0 Å². The van der Waals surface area contributed by atoms with E-state index in [0.29, 0.717) is 0 Å². The molecule has 0 bridgehead atoms. The van der Waals surface area contributed by atoms with Crippen LogP contribution in [0, 0.1) is 5.92 Å². The molecule has 3 atom stereocenters. The molecule has 196 valence electrons. The summed E-state index contributed by atoms with van der Waals surface area (Å²) in [4.78, 5) is 0. The lowest BCUT2D eigenvalue weighted by atomic mass is 9.72. The summed E-state index contributed by atoms with van der Waals surface area (Å²) in [5, 5.41) is 24.5. The molecular formula is C38H32O2. The van der Waals surface area contributed by atoms with Crippen LogP contribution in [0.15, 0.2) is 144 Å². The third-order valence-corrected chi connectivity index (χ3v) is 9.94. The monoisotopic (exact) mass is 520 g/mol. The zero-order chi connectivity index (χ0) is 26.9. The Labute approximate surface area is 235 Å². The Bertz CT molecular complexity index is 1700. The van der Waals surface area contributed by atoms with Crippen LogP contribution in [-0.4, -0.2) is 10.2 Å². The Morgan fingerprint density at radius 2 is 1.10 bits per heavy atom. The van der Waals surface area contributed by atoms with E-state index in [0.717, 1.165) is 64.6 Å². The van der Waals surface area contributed by atoms with Crippen LogP contribution in [0.4, 0.5) is 0 Å². The predicted molar refractivity (Wildman–Crippen MR) is 161 cm³/mol. The maximum Gasteiger partial charge on any atom is 0.138 e. The molecule has 3 aromatic carbocycles. The largest absolute Gasteiger partial charge is 0.380 e. The van der Waals surface area contributed by atoms with E-state index in [1.54, 1.807) is 0 Å². The maximum atomic E-state index is 12.3. The van der Waals surface area contributed by atoms with E-state index >= 15 is 0 Å². The summed E-state index contributed by atoms with van der Waals surface area (Å²) in [7, 11) is 0. The first-order valence-corrected chi connectivity index (χ1v) is 14.5. The SMILES string of the molecule is OC1(C2=CC=C(C3=CC=C(C4(O)c5ccccc5C5C=CC=CC54)CC3)CC2)c2ccccc2-c2ccccc21.